The van der Waals surface area contributed by atoms with Gasteiger partial charge < -0.3 is 5.32 Å². The number of hydrogen-bond acceptors (Lipinski definition) is 5. The molecular formula is C23H21F5N4O2S. The molecule has 0 unspecified atom stereocenters. The number of rotatable bonds is 6. The molecule has 0 radical (unpaired) electrons. The number of amides is 1. The number of hydrogen-bond donors (Lipinski definition) is 2. The molecule has 0 saturated heterocycles. The summed E-state index contributed by atoms with van der Waals surface area (Å²) in [5, 5.41) is 8.62. The Balaban J connectivity index is 1.96. The molecule has 0 aliphatic rings. The topological polar surface area (TPSA) is 95.8 Å². The highest BCUT2D eigenvalue weighted by Gasteiger charge is 2.35. The second-order valence-corrected chi connectivity index (χ2v) is 9.96. The second kappa shape index (κ2) is 9.33. The maximum Gasteiger partial charge on any atom is 0.416 e. The minimum Gasteiger partial charge on any atom is -0.346 e. The van der Waals surface area contributed by atoms with E-state index in [1.165, 1.54) is 26.0 Å². The van der Waals surface area contributed by atoms with E-state index in [1.54, 1.807) is 13.0 Å². The standard InChI is InChI=1S/C23H21F5N4O2S/c1-13-7-8-19(14(2)9-13)22(24,25)12-30-20(33)18-10-15(3)31-32-21(18)35(29,34)17-6-4-5-16(11-17)23(26,27)28/h4-11,29H,12H2,1-3H3,(H,30,33)/t35-/m0/s1. The SMILES string of the molecule is Cc1ccc(C(F)(F)CNC(=O)c2cc(C)nnc2[S@@](=N)(=O)c2cccc(C(F)(F)F)c2)c(C)c1. The predicted octanol–water partition coefficient (Wildman–Crippen LogP) is 5.41. The van der Waals surface area contributed by atoms with Crippen LogP contribution in [-0.4, -0.2) is 26.9 Å². The van der Waals surface area contributed by atoms with Gasteiger partial charge in [-0.05, 0) is 50.6 Å². The van der Waals surface area contributed by atoms with Crippen LogP contribution in [0.1, 0.15) is 38.3 Å². The Hall–Kier alpha value is -3.41. The Morgan fingerprint density at radius 1 is 1.00 bits per heavy atom. The van der Waals surface area contributed by atoms with E-state index in [4.69, 9.17) is 4.78 Å². The number of carbonyl (C=O) groups excluding carboxylic acids is 1. The van der Waals surface area contributed by atoms with Gasteiger partial charge in [0.15, 0.2) is 5.03 Å². The van der Waals surface area contributed by atoms with Gasteiger partial charge in [0.25, 0.3) is 11.8 Å². The Labute approximate surface area is 198 Å². The van der Waals surface area contributed by atoms with E-state index in [2.05, 4.69) is 15.5 Å². The van der Waals surface area contributed by atoms with Crippen LogP contribution in [0, 0.1) is 25.6 Å². The van der Waals surface area contributed by atoms with E-state index >= 15 is 0 Å². The lowest BCUT2D eigenvalue weighted by atomic mass is 10.00. The summed E-state index contributed by atoms with van der Waals surface area (Å²) in [4.78, 5) is 12.3. The molecule has 12 heteroatoms. The van der Waals surface area contributed by atoms with Crippen LogP contribution in [-0.2, 0) is 21.8 Å². The summed E-state index contributed by atoms with van der Waals surface area (Å²) >= 11 is 0. The molecule has 0 fully saturated rings. The van der Waals surface area contributed by atoms with Gasteiger partial charge in [0.1, 0.15) is 9.73 Å². The maximum atomic E-state index is 14.8. The first-order chi connectivity index (χ1) is 16.1. The normalized spacial score (nSPS) is 13.8. The van der Waals surface area contributed by atoms with Crippen molar-refractivity contribution in [3.63, 3.8) is 0 Å². The molecular weight excluding hydrogens is 491 g/mol. The molecule has 1 heterocycles. The molecule has 6 nitrogen and oxygen atoms in total. The van der Waals surface area contributed by atoms with Gasteiger partial charge in [-0.15, -0.1) is 5.10 Å². The number of aryl methyl sites for hydroxylation is 3. The number of benzene rings is 2. The van der Waals surface area contributed by atoms with Crippen LogP contribution in [0.2, 0.25) is 0 Å². The molecule has 186 valence electrons. The van der Waals surface area contributed by atoms with Crippen LogP contribution in [0.15, 0.2) is 58.5 Å². The van der Waals surface area contributed by atoms with Crippen molar-refractivity contribution in [3.8, 4) is 0 Å². The molecule has 35 heavy (non-hydrogen) atoms. The average molecular weight is 513 g/mol. The van der Waals surface area contributed by atoms with Gasteiger partial charge in [-0.2, -0.15) is 27.1 Å². The number of carbonyl (C=O) groups is 1. The summed E-state index contributed by atoms with van der Waals surface area (Å²) in [5.74, 6) is -4.57. The van der Waals surface area contributed by atoms with Gasteiger partial charge in [0.05, 0.1) is 28.3 Å². The van der Waals surface area contributed by atoms with E-state index in [9.17, 15) is 31.0 Å². The minimum absolute atomic E-state index is 0.152. The third-order valence-electron chi connectivity index (χ3n) is 5.14. The largest absolute Gasteiger partial charge is 0.416 e. The fraction of sp³-hybridized carbons (Fsp3) is 0.261. The van der Waals surface area contributed by atoms with Crippen molar-refractivity contribution in [1.29, 1.82) is 4.78 Å². The molecule has 0 aliphatic carbocycles. The van der Waals surface area contributed by atoms with Gasteiger partial charge >= 0.3 is 6.18 Å². The summed E-state index contributed by atoms with van der Waals surface area (Å²) in [6.45, 7) is 3.57. The summed E-state index contributed by atoms with van der Waals surface area (Å²) in [6, 6.07) is 8.69. The zero-order valence-electron chi connectivity index (χ0n) is 18.8. The quantitative estimate of drug-likeness (QED) is 0.432. The van der Waals surface area contributed by atoms with Gasteiger partial charge in [0, 0.05) is 5.56 Å². The molecule has 3 rings (SSSR count). The summed E-state index contributed by atoms with van der Waals surface area (Å²) in [6.07, 6.45) is -4.76. The lowest BCUT2D eigenvalue weighted by molar-refractivity contribution is -0.137. The average Bonchev–Trinajstić information content (AvgIpc) is 2.76. The molecule has 1 aromatic heterocycles. The first-order valence-electron chi connectivity index (χ1n) is 10.2. The fourth-order valence-corrected chi connectivity index (χ4v) is 4.82. The van der Waals surface area contributed by atoms with Crippen LogP contribution in [0.25, 0.3) is 0 Å². The van der Waals surface area contributed by atoms with Crippen molar-refractivity contribution >= 4 is 15.6 Å². The predicted molar refractivity (Wildman–Crippen MR) is 118 cm³/mol. The lowest BCUT2D eigenvalue weighted by Gasteiger charge is -2.20. The van der Waals surface area contributed by atoms with Gasteiger partial charge in [-0.3, -0.25) is 4.79 Å². The Morgan fingerprint density at radius 3 is 2.31 bits per heavy atom. The Kier molecular flexibility index (Phi) is 6.98. The first kappa shape index (κ1) is 26.2. The number of alkyl halides is 5. The number of halogens is 5. The van der Waals surface area contributed by atoms with Crippen molar-refractivity contribution in [2.24, 2.45) is 0 Å². The van der Waals surface area contributed by atoms with Crippen LogP contribution < -0.4 is 5.32 Å². The Bertz CT molecular complexity index is 1390. The molecule has 0 saturated carbocycles. The van der Waals surface area contributed by atoms with Crippen molar-refractivity contribution in [1.82, 2.24) is 15.5 Å². The zero-order valence-corrected chi connectivity index (χ0v) is 19.7. The van der Waals surface area contributed by atoms with E-state index in [-0.39, 0.29) is 11.3 Å². The van der Waals surface area contributed by atoms with Crippen LogP contribution in [0.5, 0.6) is 0 Å². The Morgan fingerprint density at radius 2 is 1.69 bits per heavy atom. The number of nitrogens with one attached hydrogen (secondary N) is 2. The molecule has 0 spiro atoms. The second-order valence-electron chi connectivity index (χ2n) is 7.99. The van der Waals surface area contributed by atoms with E-state index in [0.717, 1.165) is 29.8 Å². The third kappa shape index (κ3) is 5.64. The van der Waals surface area contributed by atoms with Crippen molar-refractivity contribution in [2.75, 3.05) is 6.54 Å². The highest BCUT2D eigenvalue weighted by molar-refractivity contribution is 7.92. The summed E-state index contributed by atoms with van der Waals surface area (Å²) < 4.78 is 90.5. The highest BCUT2D eigenvalue weighted by atomic mass is 32.2. The molecule has 1 atom stereocenters. The molecule has 2 aromatic carbocycles. The molecule has 1 amide bonds. The minimum atomic E-state index is -4.76. The van der Waals surface area contributed by atoms with Crippen LogP contribution in [0.4, 0.5) is 22.0 Å². The first-order valence-corrected chi connectivity index (χ1v) is 11.7. The van der Waals surface area contributed by atoms with Crippen LogP contribution in [0.3, 0.4) is 0 Å². The fourth-order valence-electron chi connectivity index (χ4n) is 3.42. The zero-order chi connectivity index (χ0) is 26.2. The molecule has 2 N–H and O–H groups in total. The molecule has 3 aromatic rings. The van der Waals surface area contributed by atoms with Crippen LogP contribution >= 0.6 is 0 Å². The van der Waals surface area contributed by atoms with Gasteiger partial charge in [0.2, 0.25) is 0 Å². The number of aromatic nitrogens is 2. The van der Waals surface area contributed by atoms with E-state index in [0.29, 0.717) is 11.6 Å². The van der Waals surface area contributed by atoms with Gasteiger partial charge in [-0.1, -0.05) is 29.8 Å². The molecule has 0 aliphatic heterocycles. The van der Waals surface area contributed by atoms with Crippen molar-refractivity contribution < 1.29 is 31.0 Å². The maximum absolute atomic E-state index is 14.8. The van der Waals surface area contributed by atoms with E-state index < -0.39 is 55.3 Å². The monoisotopic (exact) mass is 512 g/mol. The van der Waals surface area contributed by atoms with Gasteiger partial charge in [-0.25, -0.2) is 8.99 Å². The number of nitrogens with zero attached hydrogens (tertiary/aromatic N) is 2. The molecule has 0 bridgehead atoms. The summed E-state index contributed by atoms with van der Waals surface area (Å²) in [7, 11) is -4.25. The smallest absolute Gasteiger partial charge is 0.346 e. The van der Waals surface area contributed by atoms with Crippen molar-refractivity contribution in [3.05, 3.63) is 82.0 Å². The summed E-state index contributed by atoms with van der Waals surface area (Å²) in [5.41, 5.74) is -0.667. The van der Waals surface area contributed by atoms with Crippen molar-refractivity contribution in [2.45, 2.75) is 42.8 Å². The van der Waals surface area contributed by atoms with E-state index in [1.807, 2.05) is 0 Å². The highest BCUT2D eigenvalue weighted by Crippen LogP contribution is 2.33. The lowest BCUT2D eigenvalue weighted by Crippen LogP contribution is -2.36. The third-order valence-corrected chi connectivity index (χ3v) is 6.90.